The van der Waals surface area contributed by atoms with Gasteiger partial charge in [-0.2, -0.15) is 0 Å². The van der Waals surface area contributed by atoms with E-state index in [4.69, 9.17) is 0 Å². The van der Waals surface area contributed by atoms with Crippen LogP contribution in [0.5, 0.6) is 0 Å². The van der Waals surface area contributed by atoms with Crippen LogP contribution in [0.3, 0.4) is 0 Å². The summed E-state index contributed by atoms with van der Waals surface area (Å²) in [5.74, 6) is 0. The average molecular weight is 295 g/mol. The van der Waals surface area contributed by atoms with Crippen molar-refractivity contribution in [2.24, 2.45) is 5.41 Å². The van der Waals surface area contributed by atoms with Crippen molar-refractivity contribution in [1.82, 2.24) is 0 Å². The Balaban J connectivity index is 1.92. The second-order valence-electron chi connectivity index (χ2n) is 8.04. The first kappa shape index (κ1) is 14.6. The zero-order valence-corrected chi connectivity index (χ0v) is 14.9. The van der Waals surface area contributed by atoms with Crippen molar-refractivity contribution in [3.05, 3.63) is 65.3 Å². The van der Waals surface area contributed by atoms with Crippen LogP contribution in [0.15, 0.2) is 54.1 Å². The summed E-state index contributed by atoms with van der Waals surface area (Å²) >= 11 is 0. The first-order valence-electron chi connectivity index (χ1n) is 7.98. The molecule has 0 aliphatic heterocycles. The third-order valence-corrected chi connectivity index (χ3v) is 9.35. The lowest BCUT2D eigenvalue weighted by atomic mass is 9.87. The quantitative estimate of drug-likeness (QED) is 0.591. The predicted octanol–water partition coefficient (Wildman–Crippen LogP) is 5.96. The van der Waals surface area contributed by atoms with E-state index in [0.29, 0.717) is 11.1 Å². The summed E-state index contributed by atoms with van der Waals surface area (Å²) in [7, 11) is -1.46. The number of hydrogen-bond donors (Lipinski definition) is 0. The monoisotopic (exact) mass is 294 g/mol. The van der Waals surface area contributed by atoms with Crippen LogP contribution in [0, 0.1) is 5.41 Å². The Bertz CT molecular complexity index is 638. The van der Waals surface area contributed by atoms with Crippen LogP contribution in [-0.4, -0.2) is 8.07 Å². The van der Waals surface area contributed by atoms with Crippen LogP contribution in [0.25, 0.3) is 6.08 Å². The Kier molecular flexibility index (Phi) is 3.36. The molecule has 3 rings (SSSR count). The Morgan fingerprint density at radius 3 is 2.33 bits per heavy atom. The van der Waals surface area contributed by atoms with Gasteiger partial charge in [-0.3, -0.25) is 0 Å². The summed E-state index contributed by atoms with van der Waals surface area (Å²) in [5.41, 5.74) is 6.01. The van der Waals surface area contributed by atoms with Gasteiger partial charge >= 0.3 is 0 Å². The van der Waals surface area contributed by atoms with Gasteiger partial charge in [-0.15, -0.1) is 0 Å². The SMILES string of the molecule is CC(C)(C)C1=CC([Si](C)(C)C2C=Cc3ccccc32)C=C1. The second kappa shape index (κ2) is 4.84. The molecular formula is C20H26Si. The van der Waals surface area contributed by atoms with Crippen LogP contribution in [0.2, 0.25) is 18.6 Å². The number of benzene rings is 1. The summed E-state index contributed by atoms with van der Waals surface area (Å²) in [5, 5.41) is 0. The molecular weight excluding hydrogens is 268 g/mol. The summed E-state index contributed by atoms with van der Waals surface area (Å²) in [6.07, 6.45) is 12.1. The van der Waals surface area contributed by atoms with Gasteiger partial charge in [-0.1, -0.05) is 88.5 Å². The molecule has 0 aromatic heterocycles. The molecule has 0 amide bonds. The standard InChI is InChI=1S/C20H26Si/c1-20(2,3)16-11-12-17(14-16)21(4,5)19-13-10-15-8-6-7-9-18(15)19/h6-14,17,19H,1-5H3. The smallest absolute Gasteiger partial charge is 0.0707 e. The van der Waals surface area contributed by atoms with Crippen molar-refractivity contribution in [2.75, 3.05) is 0 Å². The molecule has 0 heterocycles. The summed E-state index contributed by atoms with van der Waals surface area (Å²) in [4.78, 5) is 0. The summed E-state index contributed by atoms with van der Waals surface area (Å²) < 4.78 is 0. The Morgan fingerprint density at radius 1 is 0.952 bits per heavy atom. The minimum absolute atomic E-state index is 0.263. The van der Waals surface area contributed by atoms with Gasteiger partial charge in [-0.05, 0) is 33.2 Å². The average Bonchev–Trinajstić information content (AvgIpc) is 3.05. The van der Waals surface area contributed by atoms with E-state index in [1.165, 1.54) is 11.1 Å². The molecule has 110 valence electrons. The van der Waals surface area contributed by atoms with Gasteiger partial charge in [0, 0.05) is 0 Å². The normalized spacial score (nSPS) is 24.3. The molecule has 2 aliphatic rings. The highest BCUT2D eigenvalue weighted by molar-refractivity contribution is 6.81. The van der Waals surface area contributed by atoms with E-state index in [-0.39, 0.29) is 5.41 Å². The van der Waals surface area contributed by atoms with Gasteiger partial charge < -0.3 is 0 Å². The number of rotatable bonds is 2. The van der Waals surface area contributed by atoms with Gasteiger partial charge in [0.25, 0.3) is 0 Å². The number of allylic oxidation sites excluding steroid dienone is 5. The molecule has 0 saturated carbocycles. The highest BCUT2D eigenvalue weighted by Gasteiger charge is 2.40. The molecule has 2 aliphatic carbocycles. The van der Waals surface area contributed by atoms with Gasteiger partial charge in [0.2, 0.25) is 0 Å². The van der Waals surface area contributed by atoms with Crippen LogP contribution in [0.4, 0.5) is 0 Å². The van der Waals surface area contributed by atoms with E-state index in [9.17, 15) is 0 Å². The van der Waals surface area contributed by atoms with E-state index in [1.807, 2.05) is 0 Å². The lowest BCUT2D eigenvalue weighted by Crippen LogP contribution is -2.37. The van der Waals surface area contributed by atoms with Crippen LogP contribution >= 0.6 is 0 Å². The van der Waals surface area contributed by atoms with E-state index >= 15 is 0 Å². The fourth-order valence-corrected chi connectivity index (χ4v) is 6.85. The van der Waals surface area contributed by atoms with E-state index < -0.39 is 8.07 Å². The molecule has 0 nitrogen and oxygen atoms in total. The summed E-state index contributed by atoms with van der Waals surface area (Å²) in [6.45, 7) is 12.0. The minimum atomic E-state index is -1.46. The lowest BCUT2D eigenvalue weighted by Gasteiger charge is -2.34. The molecule has 1 aromatic carbocycles. The maximum absolute atomic E-state index is 2.54. The fourth-order valence-electron chi connectivity index (χ4n) is 3.58. The molecule has 2 atom stereocenters. The molecule has 0 N–H and O–H groups in total. The van der Waals surface area contributed by atoms with E-state index in [0.717, 1.165) is 0 Å². The third kappa shape index (κ3) is 2.48. The first-order chi connectivity index (χ1) is 9.80. The highest BCUT2D eigenvalue weighted by atomic mass is 28.3. The predicted molar refractivity (Wildman–Crippen MR) is 96.1 cm³/mol. The zero-order valence-electron chi connectivity index (χ0n) is 13.9. The first-order valence-corrected chi connectivity index (χ1v) is 11.1. The Hall–Kier alpha value is -1.34. The highest BCUT2D eigenvalue weighted by Crippen LogP contribution is 2.46. The maximum Gasteiger partial charge on any atom is 0.0707 e. The van der Waals surface area contributed by atoms with Crippen molar-refractivity contribution >= 4 is 14.1 Å². The lowest BCUT2D eigenvalue weighted by molar-refractivity contribution is 0.517. The topological polar surface area (TPSA) is 0 Å². The van der Waals surface area contributed by atoms with Crippen LogP contribution in [-0.2, 0) is 0 Å². The molecule has 1 aromatic rings. The molecule has 0 saturated heterocycles. The van der Waals surface area contributed by atoms with E-state index in [2.05, 4.69) is 88.5 Å². The molecule has 1 heteroatoms. The Morgan fingerprint density at radius 2 is 1.67 bits per heavy atom. The molecule has 0 spiro atoms. The molecule has 0 fully saturated rings. The van der Waals surface area contributed by atoms with Gasteiger partial charge in [0.15, 0.2) is 0 Å². The minimum Gasteiger partial charge on any atom is -0.0800 e. The van der Waals surface area contributed by atoms with Crippen molar-refractivity contribution < 1.29 is 0 Å². The molecule has 0 bridgehead atoms. The third-order valence-electron chi connectivity index (χ3n) is 5.17. The number of fused-ring (bicyclic) bond motifs is 1. The maximum atomic E-state index is 2.54. The van der Waals surface area contributed by atoms with Crippen molar-refractivity contribution in [3.8, 4) is 0 Å². The van der Waals surface area contributed by atoms with E-state index in [1.54, 1.807) is 5.56 Å². The van der Waals surface area contributed by atoms with Crippen molar-refractivity contribution in [2.45, 2.75) is 44.9 Å². The van der Waals surface area contributed by atoms with Crippen LogP contribution in [0.1, 0.15) is 37.4 Å². The zero-order chi connectivity index (χ0) is 15.3. The van der Waals surface area contributed by atoms with Gasteiger partial charge in [0.05, 0.1) is 8.07 Å². The molecule has 21 heavy (non-hydrogen) atoms. The fraction of sp³-hybridized carbons (Fsp3) is 0.400. The van der Waals surface area contributed by atoms with Crippen LogP contribution < -0.4 is 0 Å². The van der Waals surface area contributed by atoms with Gasteiger partial charge in [0.1, 0.15) is 0 Å². The molecule has 0 radical (unpaired) electrons. The second-order valence-corrected chi connectivity index (χ2v) is 13.0. The van der Waals surface area contributed by atoms with Crippen molar-refractivity contribution in [3.63, 3.8) is 0 Å². The van der Waals surface area contributed by atoms with Crippen molar-refractivity contribution in [1.29, 1.82) is 0 Å². The Labute approximate surface area is 130 Å². The molecule has 2 unspecified atom stereocenters. The summed E-state index contributed by atoms with van der Waals surface area (Å²) in [6, 6.07) is 8.90. The number of hydrogen-bond acceptors (Lipinski definition) is 0. The largest absolute Gasteiger partial charge is 0.0800 e. The van der Waals surface area contributed by atoms with Gasteiger partial charge in [-0.25, -0.2) is 0 Å².